The molecule has 0 radical (unpaired) electrons. The molecule has 0 spiro atoms. The van der Waals surface area contributed by atoms with Crippen molar-refractivity contribution in [2.75, 3.05) is 14.2 Å². The first-order valence-electron chi connectivity index (χ1n) is 8.21. The van der Waals surface area contributed by atoms with Crippen molar-refractivity contribution in [1.82, 2.24) is 0 Å². The minimum absolute atomic E-state index is 0.171. The summed E-state index contributed by atoms with van der Waals surface area (Å²) in [6, 6.07) is 7.04. The van der Waals surface area contributed by atoms with Gasteiger partial charge in [0.15, 0.2) is 5.60 Å². The normalized spacial score (nSPS) is 26.6. The molecule has 26 heavy (non-hydrogen) atoms. The average Bonchev–Trinajstić information content (AvgIpc) is 2.59. The molecule has 0 saturated carbocycles. The summed E-state index contributed by atoms with van der Waals surface area (Å²) in [7, 11) is 2.12. The lowest BCUT2D eigenvalue weighted by Gasteiger charge is -2.42. The van der Waals surface area contributed by atoms with Crippen molar-refractivity contribution in [3.8, 4) is 0 Å². The number of hydrogen-bond donors (Lipinski definition) is 0. The maximum atomic E-state index is 14.7. The minimum atomic E-state index is -5.13. The van der Waals surface area contributed by atoms with Crippen LogP contribution in [0.5, 0.6) is 0 Å². The monoisotopic (exact) mass is 374 g/mol. The first kappa shape index (κ1) is 20.4. The van der Waals surface area contributed by atoms with Crippen LogP contribution in [-0.2, 0) is 14.3 Å². The summed E-state index contributed by atoms with van der Waals surface area (Å²) in [6.45, 7) is 3.93. The Hall–Kier alpha value is -1.89. The van der Waals surface area contributed by atoms with Crippen LogP contribution in [0.4, 0.5) is 17.6 Å². The van der Waals surface area contributed by atoms with E-state index in [0.29, 0.717) is 5.56 Å². The first-order valence-corrected chi connectivity index (χ1v) is 8.21. The van der Waals surface area contributed by atoms with Gasteiger partial charge in [0.25, 0.3) is 0 Å². The van der Waals surface area contributed by atoms with Crippen LogP contribution < -0.4 is 0 Å². The zero-order valence-electron chi connectivity index (χ0n) is 15.1. The van der Waals surface area contributed by atoms with Gasteiger partial charge >= 0.3 is 12.1 Å². The fourth-order valence-corrected chi connectivity index (χ4v) is 3.24. The molecule has 2 atom stereocenters. The van der Waals surface area contributed by atoms with E-state index in [4.69, 9.17) is 4.74 Å². The average molecular weight is 374 g/mol. The van der Waals surface area contributed by atoms with Gasteiger partial charge in [0.05, 0.1) is 7.11 Å². The van der Waals surface area contributed by atoms with Crippen molar-refractivity contribution in [1.29, 1.82) is 0 Å². The molecule has 0 bridgehead atoms. The van der Waals surface area contributed by atoms with E-state index in [1.807, 2.05) is 19.9 Å². The van der Waals surface area contributed by atoms with Crippen LogP contribution in [-0.4, -0.2) is 37.6 Å². The summed E-state index contributed by atoms with van der Waals surface area (Å²) in [6.07, 6.45) is -6.12. The van der Waals surface area contributed by atoms with E-state index in [1.165, 1.54) is 0 Å². The molecule has 0 amide bonds. The molecule has 0 N–H and O–H groups in total. The Labute approximate surface area is 150 Å². The number of halogens is 4. The highest BCUT2D eigenvalue weighted by Gasteiger charge is 2.64. The summed E-state index contributed by atoms with van der Waals surface area (Å²) < 4.78 is 64.4. The van der Waals surface area contributed by atoms with Crippen molar-refractivity contribution in [3.63, 3.8) is 0 Å². The Morgan fingerprint density at radius 3 is 2.38 bits per heavy atom. The molecule has 2 unspecified atom stereocenters. The van der Waals surface area contributed by atoms with Gasteiger partial charge in [-0.05, 0) is 22.6 Å². The first-order chi connectivity index (χ1) is 12.0. The van der Waals surface area contributed by atoms with Gasteiger partial charge < -0.3 is 9.47 Å². The summed E-state index contributed by atoms with van der Waals surface area (Å²) in [5.74, 6) is -0.892. The lowest BCUT2D eigenvalue weighted by atomic mass is 9.72. The van der Waals surface area contributed by atoms with Crippen LogP contribution in [0, 0.1) is 0 Å². The number of carbonyl (C=O) groups is 1. The maximum Gasteiger partial charge on any atom is 0.422 e. The number of allylic oxidation sites excluding steroid dienone is 1. The van der Waals surface area contributed by atoms with Crippen LogP contribution in [0.3, 0.4) is 0 Å². The Balaban J connectivity index is 2.65. The van der Waals surface area contributed by atoms with Crippen molar-refractivity contribution in [3.05, 3.63) is 41.5 Å². The van der Waals surface area contributed by atoms with Gasteiger partial charge in [-0.15, -0.1) is 0 Å². The quantitative estimate of drug-likeness (QED) is 0.560. The second-order valence-corrected chi connectivity index (χ2v) is 6.76. The molecule has 0 aromatic heterocycles. The smallest absolute Gasteiger partial charge is 0.422 e. The number of esters is 1. The van der Waals surface area contributed by atoms with E-state index in [1.54, 1.807) is 18.2 Å². The zero-order chi connectivity index (χ0) is 19.8. The Morgan fingerprint density at radius 1 is 1.23 bits per heavy atom. The van der Waals surface area contributed by atoms with Gasteiger partial charge in [0.1, 0.15) is 0 Å². The van der Waals surface area contributed by atoms with Crippen molar-refractivity contribution >= 4 is 11.5 Å². The van der Waals surface area contributed by atoms with E-state index in [0.717, 1.165) is 25.9 Å². The van der Waals surface area contributed by atoms with E-state index < -0.39 is 36.3 Å². The standard InChI is InChI=1S/C19H22F4O3/c1-12(2)13-6-5-7-14(10-13)15-8-9-17(20,19(21,22)23)11-18(15,26-4)16(24)25-3/h5-8,10,12H,9,11H2,1-4H3. The van der Waals surface area contributed by atoms with Crippen LogP contribution in [0.1, 0.15) is 43.7 Å². The van der Waals surface area contributed by atoms with Crippen molar-refractivity contribution in [2.24, 2.45) is 0 Å². The molecule has 1 aliphatic carbocycles. The van der Waals surface area contributed by atoms with Gasteiger partial charge in [0.2, 0.25) is 5.67 Å². The number of hydrogen-bond acceptors (Lipinski definition) is 3. The van der Waals surface area contributed by atoms with Gasteiger partial charge in [-0.1, -0.05) is 44.2 Å². The molecule has 1 aromatic carbocycles. The summed E-state index contributed by atoms with van der Waals surface area (Å²) in [5, 5.41) is 0. The third kappa shape index (κ3) is 3.37. The molecule has 1 aliphatic rings. The number of carbonyl (C=O) groups excluding carboxylic acids is 1. The Kier molecular flexibility index (Phi) is 5.52. The summed E-state index contributed by atoms with van der Waals surface area (Å²) in [4.78, 5) is 12.4. The van der Waals surface area contributed by atoms with E-state index >= 15 is 0 Å². The van der Waals surface area contributed by atoms with Crippen molar-refractivity contribution < 1.29 is 31.8 Å². The summed E-state index contributed by atoms with van der Waals surface area (Å²) >= 11 is 0. The number of alkyl halides is 4. The van der Waals surface area contributed by atoms with Gasteiger partial charge in [-0.25, -0.2) is 9.18 Å². The SMILES string of the molecule is COC(=O)C1(OC)CC(F)(C(F)(F)F)CC=C1c1cccc(C(C)C)c1. The molecule has 0 heterocycles. The van der Waals surface area contributed by atoms with E-state index in [2.05, 4.69) is 4.74 Å². The third-order valence-corrected chi connectivity index (χ3v) is 4.83. The van der Waals surface area contributed by atoms with E-state index in [9.17, 15) is 22.4 Å². The molecule has 0 saturated heterocycles. The fourth-order valence-electron chi connectivity index (χ4n) is 3.24. The third-order valence-electron chi connectivity index (χ3n) is 4.83. The molecule has 144 valence electrons. The molecule has 0 fully saturated rings. The van der Waals surface area contributed by atoms with Gasteiger partial charge in [-0.2, -0.15) is 13.2 Å². The number of ether oxygens (including phenoxy) is 2. The lowest BCUT2D eigenvalue weighted by molar-refractivity contribution is -0.245. The van der Waals surface area contributed by atoms with Gasteiger partial charge in [-0.3, -0.25) is 0 Å². The zero-order valence-corrected chi connectivity index (χ0v) is 15.1. The Morgan fingerprint density at radius 2 is 1.88 bits per heavy atom. The van der Waals surface area contributed by atoms with E-state index in [-0.39, 0.29) is 11.5 Å². The second kappa shape index (κ2) is 7.02. The fraction of sp³-hybridized carbons (Fsp3) is 0.526. The highest BCUT2D eigenvalue weighted by molar-refractivity contribution is 5.97. The van der Waals surface area contributed by atoms with Gasteiger partial charge in [0, 0.05) is 20.0 Å². The predicted octanol–water partition coefficient (Wildman–Crippen LogP) is 4.82. The van der Waals surface area contributed by atoms with Crippen LogP contribution in [0.25, 0.3) is 5.57 Å². The minimum Gasteiger partial charge on any atom is -0.467 e. The molecule has 0 aliphatic heterocycles. The highest BCUT2D eigenvalue weighted by atomic mass is 19.4. The largest absolute Gasteiger partial charge is 0.467 e. The van der Waals surface area contributed by atoms with Crippen LogP contribution >= 0.6 is 0 Å². The molecule has 3 nitrogen and oxygen atoms in total. The Bertz CT molecular complexity index is 711. The maximum absolute atomic E-state index is 14.7. The molecule has 7 heteroatoms. The highest BCUT2D eigenvalue weighted by Crippen LogP contribution is 2.51. The predicted molar refractivity (Wildman–Crippen MR) is 89.4 cm³/mol. The number of rotatable bonds is 4. The molecular formula is C19H22F4O3. The van der Waals surface area contributed by atoms with Crippen LogP contribution in [0.15, 0.2) is 30.3 Å². The lowest BCUT2D eigenvalue weighted by Crippen LogP contribution is -2.55. The molecule has 1 aromatic rings. The summed E-state index contributed by atoms with van der Waals surface area (Å²) in [5.41, 5.74) is -4.12. The van der Waals surface area contributed by atoms with Crippen LogP contribution in [0.2, 0.25) is 0 Å². The molecule has 2 rings (SSSR count). The van der Waals surface area contributed by atoms with Crippen molar-refractivity contribution in [2.45, 2.75) is 50.1 Å². The number of methoxy groups -OCH3 is 2. The topological polar surface area (TPSA) is 35.5 Å². The molecular weight excluding hydrogens is 352 g/mol. The second-order valence-electron chi connectivity index (χ2n) is 6.76. The number of benzene rings is 1.